The van der Waals surface area contributed by atoms with Gasteiger partial charge in [0.25, 0.3) is 0 Å². The van der Waals surface area contributed by atoms with E-state index >= 15 is 0 Å². The molecule has 0 unspecified atom stereocenters. The van der Waals surface area contributed by atoms with E-state index < -0.39 is 11.6 Å². The molecule has 2 aromatic rings. The number of hydrogen-bond acceptors (Lipinski definition) is 6. The number of carbonyl (C=O) groups excluding carboxylic acids is 1. The van der Waals surface area contributed by atoms with E-state index in [-0.39, 0.29) is 5.82 Å². The molecule has 0 fully saturated rings. The Labute approximate surface area is 164 Å². The SMILES string of the molecule is COC(=O)Nc1cc(-c2ccc(OC[C@@](C)(N)CC(C)C)c(Cl)c2)cnn1. The summed E-state index contributed by atoms with van der Waals surface area (Å²) in [5.41, 5.74) is 7.40. The second kappa shape index (κ2) is 9.01. The normalized spacial score (nSPS) is 13.1. The van der Waals surface area contributed by atoms with Gasteiger partial charge in [-0.25, -0.2) is 4.79 Å². The third-order valence-corrected chi connectivity index (χ3v) is 4.06. The van der Waals surface area contributed by atoms with Crippen LogP contribution < -0.4 is 15.8 Å². The second-order valence-corrected chi connectivity index (χ2v) is 7.54. The van der Waals surface area contributed by atoms with Crippen molar-refractivity contribution >= 4 is 23.5 Å². The minimum absolute atomic E-state index is 0.281. The Morgan fingerprint density at radius 2 is 2.07 bits per heavy atom. The lowest BCUT2D eigenvalue weighted by Crippen LogP contribution is -2.43. The molecule has 0 spiro atoms. The molecule has 1 amide bonds. The van der Waals surface area contributed by atoms with Gasteiger partial charge in [-0.2, -0.15) is 5.10 Å². The third kappa shape index (κ3) is 6.37. The predicted octanol–water partition coefficient (Wildman–Crippen LogP) is 4.12. The van der Waals surface area contributed by atoms with Crippen molar-refractivity contribution in [3.05, 3.63) is 35.5 Å². The van der Waals surface area contributed by atoms with Gasteiger partial charge in [0.05, 0.1) is 18.3 Å². The number of anilines is 1. The van der Waals surface area contributed by atoms with Crippen molar-refractivity contribution in [1.29, 1.82) is 0 Å². The summed E-state index contributed by atoms with van der Waals surface area (Å²) < 4.78 is 10.4. The maximum absolute atomic E-state index is 11.3. The fraction of sp³-hybridized carbons (Fsp3) is 0.421. The van der Waals surface area contributed by atoms with Gasteiger partial charge in [0.1, 0.15) is 12.4 Å². The van der Waals surface area contributed by atoms with E-state index in [4.69, 9.17) is 22.1 Å². The highest BCUT2D eigenvalue weighted by molar-refractivity contribution is 6.32. The first-order chi connectivity index (χ1) is 12.7. The quantitative estimate of drug-likeness (QED) is 0.735. The number of nitrogens with two attached hydrogens (primary N) is 1. The molecule has 0 aliphatic rings. The van der Waals surface area contributed by atoms with Gasteiger partial charge in [0.2, 0.25) is 0 Å². The monoisotopic (exact) mass is 392 g/mol. The fourth-order valence-corrected chi connectivity index (χ4v) is 3.01. The minimum Gasteiger partial charge on any atom is -0.490 e. The van der Waals surface area contributed by atoms with Crippen LogP contribution in [-0.2, 0) is 4.74 Å². The Hall–Kier alpha value is -2.38. The molecule has 0 saturated heterocycles. The highest BCUT2D eigenvalue weighted by atomic mass is 35.5. The average molecular weight is 393 g/mol. The summed E-state index contributed by atoms with van der Waals surface area (Å²) in [5.74, 6) is 1.33. The number of halogens is 1. The Bertz CT molecular complexity index is 796. The van der Waals surface area contributed by atoms with Gasteiger partial charge in [-0.15, -0.1) is 5.10 Å². The number of nitrogens with zero attached hydrogens (tertiary/aromatic N) is 2. The number of amides is 1. The maximum Gasteiger partial charge on any atom is 0.412 e. The number of hydrogen-bond donors (Lipinski definition) is 2. The topological polar surface area (TPSA) is 99.4 Å². The number of rotatable bonds is 7. The standard InChI is InChI=1S/C19H25ClN4O3/c1-12(2)9-19(3,21)11-27-16-6-5-13(7-15(16)20)14-8-17(24-22-10-14)23-18(25)26-4/h5-8,10,12H,9,11,21H2,1-4H3,(H,23,24,25)/t19-/m0/s1. The first kappa shape index (κ1) is 20.9. The summed E-state index contributed by atoms with van der Waals surface area (Å²) in [6.07, 6.45) is 1.81. The number of benzene rings is 1. The van der Waals surface area contributed by atoms with E-state index in [1.165, 1.54) is 7.11 Å². The molecule has 3 N–H and O–H groups in total. The zero-order valence-corrected chi connectivity index (χ0v) is 16.7. The number of ether oxygens (including phenoxy) is 2. The van der Waals surface area contributed by atoms with Gasteiger partial charge >= 0.3 is 6.09 Å². The van der Waals surface area contributed by atoms with Crippen LogP contribution in [0.4, 0.5) is 10.6 Å². The summed E-state index contributed by atoms with van der Waals surface area (Å²) in [5, 5.41) is 10.7. The smallest absolute Gasteiger partial charge is 0.412 e. The summed E-state index contributed by atoms with van der Waals surface area (Å²) in [6.45, 7) is 6.58. The Morgan fingerprint density at radius 3 is 2.70 bits per heavy atom. The van der Waals surface area contributed by atoms with Gasteiger partial charge in [-0.3, -0.25) is 5.32 Å². The molecule has 8 heteroatoms. The van der Waals surface area contributed by atoms with Crippen LogP contribution in [0.5, 0.6) is 5.75 Å². The lowest BCUT2D eigenvalue weighted by atomic mass is 9.93. The summed E-state index contributed by atoms with van der Waals surface area (Å²) >= 11 is 6.37. The third-order valence-electron chi connectivity index (χ3n) is 3.77. The van der Waals surface area contributed by atoms with Gasteiger partial charge in [0, 0.05) is 11.1 Å². The number of carbonyl (C=O) groups is 1. The van der Waals surface area contributed by atoms with Crippen LogP contribution in [0.25, 0.3) is 11.1 Å². The highest BCUT2D eigenvalue weighted by Gasteiger charge is 2.21. The molecule has 0 aliphatic carbocycles. The van der Waals surface area contributed by atoms with Crippen LogP contribution in [0.2, 0.25) is 5.02 Å². The van der Waals surface area contributed by atoms with E-state index in [0.717, 1.165) is 17.5 Å². The summed E-state index contributed by atoms with van der Waals surface area (Å²) in [6, 6.07) is 7.09. The highest BCUT2D eigenvalue weighted by Crippen LogP contribution is 2.31. The molecule has 0 radical (unpaired) electrons. The molecule has 0 bridgehead atoms. The maximum atomic E-state index is 11.3. The van der Waals surface area contributed by atoms with E-state index in [0.29, 0.717) is 23.3 Å². The lowest BCUT2D eigenvalue weighted by molar-refractivity contribution is 0.187. The summed E-state index contributed by atoms with van der Waals surface area (Å²) in [7, 11) is 1.28. The predicted molar refractivity (Wildman–Crippen MR) is 106 cm³/mol. The molecule has 1 aromatic carbocycles. The molecule has 1 heterocycles. The van der Waals surface area contributed by atoms with Crippen molar-refractivity contribution in [2.45, 2.75) is 32.7 Å². The first-order valence-corrected chi connectivity index (χ1v) is 8.97. The molecule has 7 nitrogen and oxygen atoms in total. The molecule has 2 rings (SSSR count). The lowest BCUT2D eigenvalue weighted by Gasteiger charge is -2.26. The molecular weight excluding hydrogens is 368 g/mol. The van der Waals surface area contributed by atoms with Crippen molar-refractivity contribution in [2.75, 3.05) is 19.0 Å². The van der Waals surface area contributed by atoms with Crippen molar-refractivity contribution in [3.63, 3.8) is 0 Å². The van der Waals surface area contributed by atoms with E-state index in [1.54, 1.807) is 24.4 Å². The van der Waals surface area contributed by atoms with E-state index in [1.807, 2.05) is 13.0 Å². The molecule has 27 heavy (non-hydrogen) atoms. The number of nitrogens with one attached hydrogen (secondary N) is 1. The summed E-state index contributed by atoms with van der Waals surface area (Å²) in [4.78, 5) is 11.3. The Kier molecular flexibility index (Phi) is 6.98. The van der Waals surface area contributed by atoms with Crippen LogP contribution >= 0.6 is 11.6 Å². The number of methoxy groups -OCH3 is 1. The van der Waals surface area contributed by atoms with Gasteiger partial charge in [-0.1, -0.05) is 31.5 Å². The fourth-order valence-electron chi connectivity index (χ4n) is 2.77. The van der Waals surface area contributed by atoms with E-state index in [9.17, 15) is 4.79 Å². The van der Waals surface area contributed by atoms with Crippen LogP contribution in [0, 0.1) is 5.92 Å². The van der Waals surface area contributed by atoms with E-state index in [2.05, 4.69) is 34.1 Å². The van der Waals surface area contributed by atoms with Crippen LogP contribution in [0.1, 0.15) is 27.2 Å². The Balaban J connectivity index is 2.12. The van der Waals surface area contributed by atoms with Gasteiger partial charge in [0.15, 0.2) is 5.82 Å². The second-order valence-electron chi connectivity index (χ2n) is 7.13. The van der Waals surface area contributed by atoms with Crippen LogP contribution in [0.3, 0.4) is 0 Å². The molecule has 1 aromatic heterocycles. The van der Waals surface area contributed by atoms with Crippen LogP contribution in [0.15, 0.2) is 30.5 Å². The van der Waals surface area contributed by atoms with Gasteiger partial charge in [-0.05, 0) is 43.0 Å². The minimum atomic E-state index is -0.616. The Morgan fingerprint density at radius 1 is 1.33 bits per heavy atom. The molecule has 146 valence electrons. The van der Waals surface area contributed by atoms with Crippen molar-refractivity contribution in [3.8, 4) is 16.9 Å². The molecule has 1 atom stereocenters. The number of aromatic nitrogens is 2. The van der Waals surface area contributed by atoms with Crippen molar-refractivity contribution < 1.29 is 14.3 Å². The first-order valence-electron chi connectivity index (χ1n) is 8.59. The molecular formula is C19H25ClN4O3. The molecule has 0 aliphatic heterocycles. The largest absolute Gasteiger partial charge is 0.490 e. The molecule has 0 saturated carbocycles. The van der Waals surface area contributed by atoms with Crippen molar-refractivity contribution in [2.24, 2.45) is 11.7 Å². The van der Waals surface area contributed by atoms with Gasteiger partial charge < -0.3 is 15.2 Å². The zero-order valence-electron chi connectivity index (χ0n) is 16.0. The zero-order chi connectivity index (χ0) is 20.0. The van der Waals surface area contributed by atoms with Crippen LogP contribution in [-0.4, -0.2) is 35.5 Å². The average Bonchev–Trinajstić information content (AvgIpc) is 2.59. The van der Waals surface area contributed by atoms with Crippen molar-refractivity contribution in [1.82, 2.24) is 10.2 Å².